The normalized spacial score (nSPS) is 10.6. The van der Waals surface area contributed by atoms with Crippen LogP contribution in [0.15, 0.2) is 29.0 Å². The molecule has 19 heavy (non-hydrogen) atoms. The summed E-state index contributed by atoms with van der Waals surface area (Å²) in [6.07, 6.45) is 1.21. The first-order valence-corrected chi connectivity index (χ1v) is 5.40. The van der Waals surface area contributed by atoms with Gasteiger partial charge < -0.3 is 9.47 Å². The highest BCUT2D eigenvalue weighted by molar-refractivity contribution is 5.93. The summed E-state index contributed by atoms with van der Waals surface area (Å²) in [6, 6.07) is 4.18. The van der Waals surface area contributed by atoms with Crippen molar-refractivity contribution >= 4 is 12.0 Å². The van der Waals surface area contributed by atoms with Crippen molar-refractivity contribution in [3.63, 3.8) is 0 Å². The molecule has 0 N–H and O–H groups in total. The molecule has 0 spiro atoms. The van der Waals surface area contributed by atoms with Crippen LogP contribution in [-0.2, 0) is 9.53 Å². The Morgan fingerprint density at radius 1 is 1.58 bits per heavy atom. The van der Waals surface area contributed by atoms with E-state index in [0.717, 1.165) is 0 Å². The Balaban J connectivity index is 3.26. The number of benzene rings is 1. The number of azide groups is 1. The van der Waals surface area contributed by atoms with E-state index in [1.165, 1.54) is 31.4 Å². The molecule has 0 heterocycles. The first-order valence-electron chi connectivity index (χ1n) is 5.40. The van der Waals surface area contributed by atoms with Crippen molar-refractivity contribution in [1.29, 1.82) is 0 Å². The van der Waals surface area contributed by atoms with Crippen LogP contribution in [0.5, 0.6) is 5.75 Å². The van der Waals surface area contributed by atoms with Crippen molar-refractivity contribution in [2.45, 2.75) is 6.92 Å². The number of nitrogens with zero attached hydrogens (tertiary/aromatic N) is 3. The lowest BCUT2D eigenvalue weighted by atomic mass is 10.1. The topological polar surface area (TPSA) is 84.3 Å². The van der Waals surface area contributed by atoms with Gasteiger partial charge in [-0.2, -0.15) is 0 Å². The van der Waals surface area contributed by atoms with Gasteiger partial charge in [-0.25, -0.2) is 9.18 Å². The number of methoxy groups -OCH3 is 1. The molecule has 0 bridgehead atoms. The maximum Gasteiger partial charge on any atom is 0.340 e. The number of rotatable bonds is 5. The van der Waals surface area contributed by atoms with Crippen LogP contribution < -0.4 is 4.74 Å². The van der Waals surface area contributed by atoms with Crippen LogP contribution in [-0.4, -0.2) is 19.7 Å². The third-order valence-electron chi connectivity index (χ3n) is 2.13. The summed E-state index contributed by atoms with van der Waals surface area (Å²) in [5.74, 6) is -1.41. The van der Waals surface area contributed by atoms with Gasteiger partial charge in [-0.1, -0.05) is 17.2 Å². The highest BCUT2D eigenvalue weighted by Gasteiger charge is 2.12. The average Bonchev–Trinajstić information content (AvgIpc) is 2.38. The lowest BCUT2D eigenvalue weighted by Gasteiger charge is -2.07. The van der Waals surface area contributed by atoms with Crippen LogP contribution >= 0.6 is 0 Å². The van der Waals surface area contributed by atoms with Crippen LogP contribution in [0.4, 0.5) is 4.39 Å². The Kier molecular flexibility index (Phi) is 5.37. The number of para-hydroxylation sites is 1. The molecule has 0 aliphatic heterocycles. The molecule has 1 aromatic carbocycles. The molecule has 0 fully saturated rings. The molecular formula is C12H12FN3O3. The largest absolute Gasteiger partial charge is 0.493 e. The van der Waals surface area contributed by atoms with E-state index in [0.29, 0.717) is 0 Å². The number of hydrogen-bond donors (Lipinski definition) is 0. The highest BCUT2D eigenvalue weighted by Crippen LogP contribution is 2.25. The number of hydrogen-bond acceptors (Lipinski definition) is 4. The van der Waals surface area contributed by atoms with Gasteiger partial charge in [0.25, 0.3) is 0 Å². The zero-order valence-corrected chi connectivity index (χ0v) is 10.5. The molecule has 0 saturated heterocycles. The highest BCUT2D eigenvalue weighted by atomic mass is 19.1. The van der Waals surface area contributed by atoms with Crippen LogP contribution in [0.2, 0.25) is 0 Å². The number of carbonyl (C=O) groups excluding carboxylic acids is 1. The van der Waals surface area contributed by atoms with E-state index in [2.05, 4.69) is 10.0 Å². The summed E-state index contributed by atoms with van der Waals surface area (Å²) in [5, 5.41) is 3.23. The van der Waals surface area contributed by atoms with Crippen molar-refractivity contribution in [3.8, 4) is 5.75 Å². The van der Waals surface area contributed by atoms with E-state index in [9.17, 15) is 9.18 Å². The van der Waals surface area contributed by atoms with E-state index >= 15 is 0 Å². The van der Waals surface area contributed by atoms with Crippen LogP contribution in [0, 0.1) is 5.82 Å². The van der Waals surface area contributed by atoms with Gasteiger partial charge in [0.1, 0.15) is 5.70 Å². The molecule has 0 aliphatic carbocycles. The summed E-state index contributed by atoms with van der Waals surface area (Å²) in [6.45, 7) is 1.76. The quantitative estimate of drug-likeness (QED) is 0.269. The molecular weight excluding hydrogens is 253 g/mol. The van der Waals surface area contributed by atoms with Gasteiger partial charge in [0, 0.05) is 10.5 Å². The van der Waals surface area contributed by atoms with Gasteiger partial charge in [-0.15, -0.1) is 0 Å². The van der Waals surface area contributed by atoms with Gasteiger partial charge >= 0.3 is 5.97 Å². The molecule has 0 radical (unpaired) electrons. The monoisotopic (exact) mass is 265 g/mol. The van der Waals surface area contributed by atoms with Gasteiger partial charge in [0.15, 0.2) is 11.6 Å². The molecule has 1 rings (SSSR count). The molecule has 1 aromatic rings. The van der Waals surface area contributed by atoms with Crippen LogP contribution in [0.25, 0.3) is 16.5 Å². The Hall–Kier alpha value is -2.53. The fraction of sp³-hybridized carbons (Fsp3) is 0.250. The summed E-state index contributed by atoms with van der Waals surface area (Å²) in [7, 11) is 1.30. The molecule has 0 aliphatic rings. The molecule has 0 atom stereocenters. The Morgan fingerprint density at radius 3 is 2.89 bits per heavy atom. The standard InChI is InChI=1S/C12H12FN3O3/c1-3-19-12(17)10(15-16-14)7-8-5-4-6-9(13)11(8)18-2/h4-7H,3H2,1-2H3. The second kappa shape index (κ2) is 7.03. The summed E-state index contributed by atoms with van der Waals surface area (Å²) in [5.41, 5.74) is 8.42. The van der Waals surface area contributed by atoms with Gasteiger partial charge in [-0.05, 0) is 24.6 Å². The number of esters is 1. The van der Waals surface area contributed by atoms with Gasteiger partial charge in [0.2, 0.25) is 0 Å². The van der Waals surface area contributed by atoms with Gasteiger partial charge in [-0.3, -0.25) is 0 Å². The van der Waals surface area contributed by atoms with Crippen LogP contribution in [0.1, 0.15) is 12.5 Å². The van der Waals surface area contributed by atoms with E-state index in [4.69, 9.17) is 15.0 Å². The van der Waals surface area contributed by atoms with E-state index in [1.807, 2.05) is 0 Å². The van der Waals surface area contributed by atoms with Gasteiger partial charge in [0.05, 0.1) is 13.7 Å². The maximum atomic E-state index is 13.5. The van der Waals surface area contributed by atoms with Crippen LogP contribution in [0.3, 0.4) is 0 Å². The minimum absolute atomic E-state index is 0.0440. The van der Waals surface area contributed by atoms with Crippen molar-refractivity contribution in [1.82, 2.24) is 0 Å². The zero-order chi connectivity index (χ0) is 14.3. The minimum Gasteiger partial charge on any atom is -0.493 e. The van der Waals surface area contributed by atoms with Crippen molar-refractivity contribution in [2.24, 2.45) is 5.11 Å². The molecule has 0 saturated carbocycles. The van der Waals surface area contributed by atoms with Crippen molar-refractivity contribution < 1.29 is 18.7 Å². The summed E-state index contributed by atoms with van der Waals surface area (Å²) >= 11 is 0. The number of halogens is 1. The fourth-order valence-electron chi connectivity index (χ4n) is 1.38. The second-order valence-corrected chi connectivity index (χ2v) is 3.30. The SMILES string of the molecule is CCOC(=O)C(=Cc1cccc(F)c1OC)N=[N+]=[N-]. The third-order valence-corrected chi connectivity index (χ3v) is 2.13. The van der Waals surface area contributed by atoms with E-state index < -0.39 is 11.8 Å². The molecule has 6 nitrogen and oxygen atoms in total. The summed E-state index contributed by atoms with van der Waals surface area (Å²) in [4.78, 5) is 14.1. The van der Waals surface area contributed by atoms with Crippen molar-refractivity contribution in [2.75, 3.05) is 13.7 Å². The van der Waals surface area contributed by atoms with E-state index in [-0.39, 0.29) is 23.6 Å². The molecule has 0 amide bonds. The Bertz CT molecular complexity index is 551. The number of ether oxygens (including phenoxy) is 2. The predicted molar refractivity (Wildman–Crippen MR) is 66.7 cm³/mol. The molecule has 0 unspecified atom stereocenters. The first-order chi connectivity index (χ1) is 9.13. The lowest BCUT2D eigenvalue weighted by molar-refractivity contribution is -0.138. The third kappa shape index (κ3) is 3.72. The molecule has 0 aromatic heterocycles. The predicted octanol–water partition coefficient (Wildman–Crippen LogP) is 3.05. The maximum absolute atomic E-state index is 13.5. The molecule has 7 heteroatoms. The number of carbonyl (C=O) groups is 1. The zero-order valence-electron chi connectivity index (χ0n) is 10.5. The minimum atomic E-state index is -0.786. The van der Waals surface area contributed by atoms with Crippen molar-refractivity contribution in [3.05, 3.63) is 45.7 Å². The average molecular weight is 265 g/mol. The summed E-state index contributed by atoms with van der Waals surface area (Å²) < 4.78 is 23.1. The smallest absolute Gasteiger partial charge is 0.340 e. The Morgan fingerprint density at radius 2 is 2.32 bits per heavy atom. The Labute approximate surface area is 109 Å². The molecule has 100 valence electrons. The lowest BCUT2D eigenvalue weighted by Crippen LogP contribution is -2.05. The van der Waals surface area contributed by atoms with E-state index in [1.54, 1.807) is 6.92 Å². The fourth-order valence-corrected chi connectivity index (χ4v) is 1.38. The second-order valence-electron chi connectivity index (χ2n) is 3.30. The first kappa shape index (κ1) is 14.5.